The molecule has 0 aromatic heterocycles. The number of carbonyl (C=O) groups excluding carboxylic acids is 1. The van der Waals surface area contributed by atoms with Gasteiger partial charge in [-0.05, 0) is 67.3 Å². The first-order chi connectivity index (χ1) is 14.8. The summed E-state index contributed by atoms with van der Waals surface area (Å²) in [6.07, 6.45) is 6.38. The lowest BCUT2D eigenvalue weighted by molar-refractivity contribution is -0.123. The van der Waals surface area contributed by atoms with Crippen molar-refractivity contribution in [3.63, 3.8) is 0 Å². The number of carbonyl (C=O) groups is 1. The van der Waals surface area contributed by atoms with E-state index < -0.39 is 27.8 Å². The fraction of sp³-hybridized carbons (Fsp3) is 0.458. The molecule has 2 aromatic rings. The van der Waals surface area contributed by atoms with E-state index in [4.69, 9.17) is 0 Å². The van der Waals surface area contributed by atoms with E-state index in [1.54, 1.807) is 13.0 Å². The summed E-state index contributed by atoms with van der Waals surface area (Å²) in [7, 11) is -3.88. The van der Waals surface area contributed by atoms with Crippen molar-refractivity contribution in [2.24, 2.45) is 0 Å². The molecule has 5 nitrogen and oxygen atoms in total. The number of hydrogen-bond acceptors (Lipinski definition) is 3. The lowest BCUT2D eigenvalue weighted by Crippen LogP contribution is -2.50. The number of nitrogens with one attached hydrogen (secondary N) is 1. The minimum Gasteiger partial charge on any atom is -0.347 e. The summed E-state index contributed by atoms with van der Waals surface area (Å²) in [6, 6.07) is 10.7. The Bertz CT molecular complexity index is 1040. The Labute approximate surface area is 184 Å². The second-order valence-corrected chi connectivity index (χ2v) is 10.00. The standard InChI is InChI=1S/C24H31FN2O3S/c1-4-21(19-15-14-17-10-6-7-11-18(17)16-19)26-24(28)22(5-2)27(31(3,29)30)23-13-9-8-12-20(23)25/h8-9,12-16,21-22H,4-7,10-11H2,1-3H3,(H,26,28)/t21-,22-/m0/s1. The maximum absolute atomic E-state index is 14.4. The maximum atomic E-state index is 14.4. The molecule has 168 valence electrons. The highest BCUT2D eigenvalue weighted by Crippen LogP contribution is 2.28. The van der Waals surface area contributed by atoms with E-state index in [0.717, 1.165) is 29.0 Å². The second-order valence-electron chi connectivity index (χ2n) is 8.14. The highest BCUT2D eigenvalue weighted by Gasteiger charge is 2.34. The van der Waals surface area contributed by atoms with E-state index in [2.05, 4.69) is 17.4 Å². The van der Waals surface area contributed by atoms with Crippen LogP contribution in [0.4, 0.5) is 10.1 Å². The molecule has 0 bridgehead atoms. The molecule has 3 rings (SSSR count). The van der Waals surface area contributed by atoms with E-state index in [0.29, 0.717) is 6.42 Å². The van der Waals surface area contributed by atoms with Gasteiger partial charge in [-0.1, -0.05) is 44.2 Å². The summed E-state index contributed by atoms with van der Waals surface area (Å²) in [5, 5.41) is 3.02. The normalized spacial score (nSPS) is 15.6. The zero-order chi connectivity index (χ0) is 22.6. The number of aryl methyl sites for hydroxylation is 2. The molecule has 0 heterocycles. The zero-order valence-corrected chi connectivity index (χ0v) is 19.2. The zero-order valence-electron chi connectivity index (χ0n) is 18.4. The molecular weight excluding hydrogens is 415 g/mol. The van der Waals surface area contributed by atoms with Crippen molar-refractivity contribution < 1.29 is 17.6 Å². The van der Waals surface area contributed by atoms with Crippen molar-refractivity contribution in [2.45, 2.75) is 64.5 Å². The Hall–Kier alpha value is -2.41. The van der Waals surface area contributed by atoms with Crippen molar-refractivity contribution in [3.05, 3.63) is 65.0 Å². The summed E-state index contributed by atoms with van der Waals surface area (Å²) >= 11 is 0. The van der Waals surface area contributed by atoms with Crippen LogP contribution in [0.5, 0.6) is 0 Å². The van der Waals surface area contributed by atoms with Crippen LogP contribution in [-0.2, 0) is 27.7 Å². The van der Waals surface area contributed by atoms with Gasteiger partial charge in [0.2, 0.25) is 15.9 Å². The molecule has 0 aliphatic heterocycles. The number of para-hydroxylation sites is 1. The highest BCUT2D eigenvalue weighted by atomic mass is 32.2. The van der Waals surface area contributed by atoms with E-state index in [9.17, 15) is 17.6 Å². The molecule has 0 unspecified atom stereocenters. The molecule has 7 heteroatoms. The number of anilines is 1. The summed E-state index contributed by atoms with van der Waals surface area (Å²) in [5.41, 5.74) is 3.59. The molecule has 0 radical (unpaired) electrons. The number of sulfonamides is 1. The van der Waals surface area contributed by atoms with Crippen molar-refractivity contribution in [2.75, 3.05) is 10.6 Å². The molecule has 2 atom stereocenters. The number of halogens is 1. The summed E-state index contributed by atoms with van der Waals surface area (Å²) in [4.78, 5) is 13.2. The quantitative estimate of drug-likeness (QED) is 0.649. The van der Waals surface area contributed by atoms with Crippen LogP contribution in [0, 0.1) is 5.82 Å². The molecule has 2 aromatic carbocycles. The first-order valence-corrected chi connectivity index (χ1v) is 12.8. The van der Waals surface area contributed by atoms with E-state index in [1.807, 2.05) is 13.0 Å². The summed E-state index contributed by atoms with van der Waals surface area (Å²) in [6.45, 7) is 3.71. The van der Waals surface area contributed by atoms with Crippen molar-refractivity contribution in [1.29, 1.82) is 0 Å². The van der Waals surface area contributed by atoms with E-state index in [1.165, 1.54) is 42.2 Å². The largest absolute Gasteiger partial charge is 0.347 e. The van der Waals surface area contributed by atoms with Gasteiger partial charge in [0.1, 0.15) is 11.9 Å². The van der Waals surface area contributed by atoms with Crippen LogP contribution in [0.15, 0.2) is 42.5 Å². The molecular formula is C24H31FN2O3S. The predicted molar refractivity (Wildman–Crippen MR) is 122 cm³/mol. The van der Waals surface area contributed by atoms with Crippen LogP contribution < -0.4 is 9.62 Å². The minimum atomic E-state index is -3.88. The lowest BCUT2D eigenvalue weighted by atomic mass is 9.88. The predicted octanol–water partition coefficient (Wildman–Crippen LogP) is 4.52. The number of benzene rings is 2. The summed E-state index contributed by atoms with van der Waals surface area (Å²) in [5.74, 6) is -1.11. The average Bonchev–Trinajstić information content (AvgIpc) is 2.75. The third-order valence-electron chi connectivity index (χ3n) is 5.92. The first kappa shape index (κ1) is 23.3. The monoisotopic (exact) mass is 446 g/mol. The van der Waals surface area contributed by atoms with Gasteiger partial charge in [-0.2, -0.15) is 0 Å². The van der Waals surface area contributed by atoms with Gasteiger partial charge in [0, 0.05) is 0 Å². The Morgan fingerprint density at radius 2 is 1.74 bits per heavy atom. The number of nitrogens with zero attached hydrogens (tertiary/aromatic N) is 1. The summed E-state index contributed by atoms with van der Waals surface area (Å²) < 4.78 is 40.5. The number of amides is 1. The van der Waals surface area contributed by atoms with Gasteiger partial charge in [-0.3, -0.25) is 9.10 Å². The SMILES string of the molecule is CC[C@H](NC(=O)[C@H](CC)N(c1ccccc1F)S(C)(=O)=O)c1ccc2c(c1)CCCC2. The van der Waals surface area contributed by atoms with Gasteiger partial charge < -0.3 is 5.32 Å². The molecule has 1 amide bonds. The van der Waals surface area contributed by atoms with Crippen LogP contribution >= 0.6 is 0 Å². The highest BCUT2D eigenvalue weighted by molar-refractivity contribution is 7.92. The smallest absolute Gasteiger partial charge is 0.244 e. The first-order valence-electron chi connectivity index (χ1n) is 10.9. The number of rotatable bonds is 8. The number of hydrogen-bond donors (Lipinski definition) is 1. The van der Waals surface area contributed by atoms with Gasteiger partial charge in [-0.25, -0.2) is 12.8 Å². The third-order valence-corrected chi connectivity index (χ3v) is 7.09. The number of fused-ring (bicyclic) bond motifs is 1. The fourth-order valence-corrected chi connectivity index (χ4v) is 5.54. The van der Waals surface area contributed by atoms with Gasteiger partial charge in [0.05, 0.1) is 18.0 Å². The van der Waals surface area contributed by atoms with Crippen LogP contribution in [0.3, 0.4) is 0 Å². The van der Waals surface area contributed by atoms with Crippen molar-refractivity contribution >= 4 is 21.6 Å². The average molecular weight is 447 g/mol. The lowest BCUT2D eigenvalue weighted by Gasteiger charge is -2.31. The van der Waals surface area contributed by atoms with Gasteiger partial charge in [-0.15, -0.1) is 0 Å². The van der Waals surface area contributed by atoms with Gasteiger partial charge >= 0.3 is 0 Å². The van der Waals surface area contributed by atoms with Crippen LogP contribution in [0.2, 0.25) is 0 Å². The Morgan fingerprint density at radius 1 is 1.06 bits per heavy atom. The Balaban J connectivity index is 1.88. The molecule has 0 saturated heterocycles. The molecule has 0 spiro atoms. The minimum absolute atomic E-state index is 0.117. The topological polar surface area (TPSA) is 66.5 Å². The molecule has 0 saturated carbocycles. The van der Waals surface area contributed by atoms with Crippen LogP contribution in [0.1, 0.15) is 62.3 Å². The third kappa shape index (κ3) is 5.26. The molecule has 31 heavy (non-hydrogen) atoms. The van der Waals surface area contributed by atoms with E-state index in [-0.39, 0.29) is 18.2 Å². The molecule has 0 fully saturated rings. The Morgan fingerprint density at radius 3 is 2.35 bits per heavy atom. The van der Waals surface area contributed by atoms with Gasteiger partial charge in [0.25, 0.3) is 0 Å². The fourth-order valence-electron chi connectivity index (χ4n) is 4.32. The molecule has 1 aliphatic rings. The van der Waals surface area contributed by atoms with Gasteiger partial charge in [0.15, 0.2) is 0 Å². The van der Waals surface area contributed by atoms with Crippen molar-refractivity contribution in [1.82, 2.24) is 5.32 Å². The van der Waals surface area contributed by atoms with Crippen LogP contribution in [-0.4, -0.2) is 26.6 Å². The molecule has 1 aliphatic carbocycles. The van der Waals surface area contributed by atoms with Crippen molar-refractivity contribution in [3.8, 4) is 0 Å². The van der Waals surface area contributed by atoms with E-state index >= 15 is 0 Å². The molecule has 1 N–H and O–H groups in total. The Kier molecular flexibility index (Phi) is 7.36. The second kappa shape index (κ2) is 9.81. The van der Waals surface area contributed by atoms with Crippen LogP contribution in [0.25, 0.3) is 0 Å². The maximum Gasteiger partial charge on any atom is 0.244 e.